The summed E-state index contributed by atoms with van der Waals surface area (Å²) in [5.74, 6) is -0.430. The minimum atomic E-state index is -0.904. The molecule has 5 heteroatoms. The third kappa shape index (κ3) is 0.954. The van der Waals surface area contributed by atoms with Crippen molar-refractivity contribution < 1.29 is 24.1 Å². The molecule has 3 heterocycles. The second kappa shape index (κ2) is 2.85. The first-order chi connectivity index (χ1) is 9.33. The van der Waals surface area contributed by atoms with Crippen molar-refractivity contribution in [1.29, 1.82) is 0 Å². The molecule has 2 saturated carbocycles. The molecule has 5 rings (SSSR count). The summed E-state index contributed by atoms with van der Waals surface area (Å²) >= 11 is 0. The number of epoxide rings is 2. The van der Waals surface area contributed by atoms with E-state index >= 15 is 0 Å². The van der Waals surface area contributed by atoms with Crippen LogP contribution in [0.3, 0.4) is 0 Å². The first-order valence-electron chi connectivity index (χ1n) is 7.31. The predicted octanol–water partition coefficient (Wildman–Crippen LogP) is 0.554. The van der Waals surface area contributed by atoms with Gasteiger partial charge in [0.15, 0.2) is 0 Å². The van der Waals surface area contributed by atoms with E-state index in [2.05, 4.69) is 6.58 Å². The van der Waals surface area contributed by atoms with Crippen molar-refractivity contribution >= 4 is 5.97 Å². The zero-order chi connectivity index (χ0) is 14.1. The van der Waals surface area contributed by atoms with Gasteiger partial charge in [0.1, 0.15) is 29.5 Å². The summed E-state index contributed by atoms with van der Waals surface area (Å²) in [6, 6.07) is 0. The molecule has 3 saturated heterocycles. The Morgan fingerprint density at radius 2 is 2.05 bits per heavy atom. The van der Waals surface area contributed by atoms with E-state index in [0.29, 0.717) is 18.4 Å². The van der Waals surface area contributed by atoms with Crippen LogP contribution in [0.25, 0.3) is 0 Å². The van der Waals surface area contributed by atoms with Crippen LogP contribution in [-0.4, -0.2) is 46.2 Å². The lowest BCUT2D eigenvalue weighted by molar-refractivity contribution is -0.147. The molecule has 0 bridgehead atoms. The van der Waals surface area contributed by atoms with Crippen LogP contribution in [0.15, 0.2) is 12.2 Å². The highest BCUT2D eigenvalue weighted by molar-refractivity contribution is 5.91. The monoisotopic (exact) mass is 278 g/mol. The van der Waals surface area contributed by atoms with Gasteiger partial charge in [-0.3, -0.25) is 0 Å². The van der Waals surface area contributed by atoms with Crippen LogP contribution in [0.1, 0.15) is 26.7 Å². The molecule has 0 aromatic carbocycles. The van der Waals surface area contributed by atoms with Gasteiger partial charge < -0.3 is 19.3 Å². The third-order valence-electron chi connectivity index (χ3n) is 6.39. The lowest BCUT2D eigenvalue weighted by Crippen LogP contribution is -2.53. The van der Waals surface area contributed by atoms with E-state index in [9.17, 15) is 9.90 Å². The Morgan fingerprint density at radius 1 is 1.30 bits per heavy atom. The van der Waals surface area contributed by atoms with Crippen LogP contribution in [0.5, 0.6) is 0 Å². The highest BCUT2D eigenvalue weighted by Crippen LogP contribution is 2.75. The van der Waals surface area contributed by atoms with Gasteiger partial charge in [-0.2, -0.15) is 0 Å². The number of hydrogen-bond acceptors (Lipinski definition) is 5. The smallest absolute Gasteiger partial charge is 0.334 e. The number of carbonyl (C=O) groups excluding carboxylic acids is 1. The molecule has 5 aliphatic rings. The molecule has 2 aliphatic carbocycles. The molecule has 108 valence electrons. The van der Waals surface area contributed by atoms with Gasteiger partial charge in [0, 0.05) is 11.5 Å². The molecule has 0 aromatic rings. The Labute approximate surface area is 116 Å². The van der Waals surface area contributed by atoms with Gasteiger partial charge in [-0.1, -0.05) is 6.58 Å². The third-order valence-corrected chi connectivity index (χ3v) is 6.39. The number of carbonyl (C=O) groups is 1. The van der Waals surface area contributed by atoms with Gasteiger partial charge in [-0.15, -0.1) is 0 Å². The summed E-state index contributed by atoms with van der Waals surface area (Å²) < 4.78 is 17.4. The van der Waals surface area contributed by atoms with Crippen molar-refractivity contribution in [2.45, 2.75) is 61.8 Å². The predicted molar refractivity (Wildman–Crippen MR) is 66.7 cm³/mol. The fraction of sp³-hybridized carbons (Fsp3) is 0.800. The minimum absolute atomic E-state index is 0.0250. The number of esters is 1. The minimum Gasteiger partial charge on any atom is -0.458 e. The maximum absolute atomic E-state index is 11.9. The van der Waals surface area contributed by atoms with Crippen LogP contribution >= 0.6 is 0 Å². The quantitative estimate of drug-likeness (QED) is 0.398. The zero-order valence-electron chi connectivity index (χ0n) is 11.6. The van der Waals surface area contributed by atoms with Crippen molar-refractivity contribution in [2.75, 3.05) is 0 Å². The van der Waals surface area contributed by atoms with E-state index in [4.69, 9.17) is 14.2 Å². The highest BCUT2D eigenvalue weighted by Gasteiger charge is 2.92. The summed E-state index contributed by atoms with van der Waals surface area (Å²) in [4.78, 5) is 11.9. The lowest BCUT2D eigenvalue weighted by atomic mass is 9.74. The molecule has 0 aromatic heterocycles. The standard InChI is InChI=1S/C15H18O5/c1-6-7-4-5-13(2,17)15-9(8(7)18-12(6)16)14(3)10(19-14)11(15)20-15/h7-11,17H,1,4-5H2,2-3H3/t7-,8-,9-,10+,11-,13?,14-,15+/m0/s1. The Kier molecular flexibility index (Phi) is 1.67. The number of hydrogen-bond donors (Lipinski definition) is 1. The fourth-order valence-electron chi connectivity index (χ4n) is 5.23. The summed E-state index contributed by atoms with van der Waals surface area (Å²) in [5, 5.41) is 10.9. The topological polar surface area (TPSA) is 71.6 Å². The van der Waals surface area contributed by atoms with Crippen LogP contribution in [-0.2, 0) is 19.0 Å². The van der Waals surface area contributed by atoms with E-state index < -0.39 is 11.2 Å². The van der Waals surface area contributed by atoms with Crippen molar-refractivity contribution in [1.82, 2.24) is 0 Å². The Hall–Kier alpha value is -0.910. The van der Waals surface area contributed by atoms with E-state index in [1.54, 1.807) is 0 Å². The van der Waals surface area contributed by atoms with E-state index in [1.165, 1.54) is 0 Å². The molecule has 1 spiro atoms. The van der Waals surface area contributed by atoms with Crippen LogP contribution in [0.2, 0.25) is 0 Å². The van der Waals surface area contributed by atoms with Gasteiger partial charge in [0.2, 0.25) is 0 Å². The summed E-state index contributed by atoms with van der Waals surface area (Å²) in [6.07, 6.45) is 1.01. The van der Waals surface area contributed by atoms with Crippen LogP contribution < -0.4 is 0 Å². The molecular formula is C15H18O5. The molecule has 1 N–H and O–H groups in total. The number of fused-ring (bicyclic) bond motifs is 5. The fourth-order valence-corrected chi connectivity index (χ4v) is 5.23. The zero-order valence-corrected chi connectivity index (χ0v) is 11.6. The van der Waals surface area contributed by atoms with Gasteiger partial charge in [-0.05, 0) is 26.7 Å². The normalized spacial score (nSPS) is 65.7. The SMILES string of the molecule is C=C1C(=O)O[C@H]2[C@H]1CCC(C)(O)[C@]13O[C@H]1[C@H]1O[C@@]1(C)[C@H]23. The van der Waals surface area contributed by atoms with Gasteiger partial charge >= 0.3 is 5.97 Å². The Balaban J connectivity index is 1.67. The van der Waals surface area contributed by atoms with Crippen molar-refractivity contribution in [3.63, 3.8) is 0 Å². The van der Waals surface area contributed by atoms with Crippen molar-refractivity contribution in [3.8, 4) is 0 Å². The molecule has 5 nitrogen and oxygen atoms in total. The van der Waals surface area contributed by atoms with Gasteiger partial charge in [0.25, 0.3) is 0 Å². The van der Waals surface area contributed by atoms with Gasteiger partial charge in [0.05, 0.1) is 11.5 Å². The number of ether oxygens (including phenoxy) is 3. The average Bonchev–Trinajstić information content (AvgIpc) is 3.21. The maximum Gasteiger partial charge on any atom is 0.334 e. The second-order valence-electron chi connectivity index (χ2n) is 7.35. The Morgan fingerprint density at radius 3 is 2.80 bits per heavy atom. The van der Waals surface area contributed by atoms with Crippen molar-refractivity contribution in [3.05, 3.63) is 12.2 Å². The maximum atomic E-state index is 11.9. The molecular weight excluding hydrogens is 260 g/mol. The number of rotatable bonds is 0. The second-order valence-corrected chi connectivity index (χ2v) is 7.35. The summed E-state index contributed by atoms with van der Waals surface area (Å²) in [6.45, 7) is 7.78. The first kappa shape index (κ1) is 11.7. The van der Waals surface area contributed by atoms with Crippen LogP contribution in [0.4, 0.5) is 0 Å². The molecule has 20 heavy (non-hydrogen) atoms. The highest BCUT2D eigenvalue weighted by atomic mass is 16.7. The van der Waals surface area contributed by atoms with Crippen molar-refractivity contribution in [2.24, 2.45) is 11.8 Å². The summed E-state index contributed by atoms with van der Waals surface area (Å²) in [5.41, 5.74) is -1.30. The molecule has 1 unspecified atom stereocenters. The van der Waals surface area contributed by atoms with E-state index in [-0.39, 0.29) is 41.7 Å². The molecule has 3 aliphatic heterocycles. The summed E-state index contributed by atoms with van der Waals surface area (Å²) in [7, 11) is 0. The Bertz CT molecular complexity index is 569. The van der Waals surface area contributed by atoms with Gasteiger partial charge in [-0.25, -0.2) is 4.79 Å². The van der Waals surface area contributed by atoms with E-state index in [1.807, 2.05) is 13.8 Å². The van der Waals surface area contributed by atoms with E-state index in [0.717, 1.165) is 0 Å². The lowest BCUT2D eigenvalue weighted by Gasteiger charge is -2.36. The largest absolute Gasteiger partial charge is 0.458 e. The number of aliphatic hydroxyl groups is 1. The average molecular weight is 278 g/mol. The van der Waals surface area contributed by atoms with Crippen LogP contribution in [0, 0.1) is 11.8 Å². The first-order valence-corrected chi connectivity index (χ1v) is 7.31. The molecule has 5 fully saturated rings. The molecule has 8 atom stereocenters. The molecule has 0 amide bonds. The molecule has 0 radical (unpaired) electrons.